The molecule has 0 unspecified atom stereocenters. The average molecular weight is 333 g/mol. The molecule has 3 aromatic rings. The van der Waals surface area contributed by atoms with Gasteiger partial charge in [0.1, 0.15) is 29.3 Å². The lowest BCUT2D eigenvalue weighted by Crippen LogP contribution is -2.16. The van der Waals surface area contributed by atoms with Crippen molar-refractivity contribution >= 4 is 23.2 Å². The molecule has 0 aliphatic rings. The maximum absolute atomic E-state index is 12.0. The molecule has 0 spiro atoms. The Bertz CT molecular complexity index is 958. The van der Waals surface area contributed by atoms with Crippen molar-refractivity contribution < 1.29 is 13.9 Å². The molecule has 0 N–H and O–H groups in total. The molecule has 0 amide bonds. The number of nitrogens with zero attached hydrogens (tertiary/aromatic N) is 2. The van der Waals surface area contributed by atoms with E-state index in [0.717, 1.165) is 0 Å². The highest BCUT2D eigenvalue weighted by molar-refractivity contribution is 6.30. The van der Waals surface area contributed by atoms with Gasteiger partial charge >= 0.3 is 5.97 Å². The first-order chi connectivity index (χ1) is 10.9. The Morgan fingerprint density at radius 2 is 2.13 bits per heavy atom. The van der Waals surface area contributed by atoms with Crippen molar-refractivity contribution in [1.29, 1.82) is 0 Å². The molecule has 0 saturated heterocycles. The summed E-state index contributed by atoms with van der Waals surface area (Å²) in [6.07, 6.45) is 1.49. The standard InChI is InChI=1S/C16H13ClN2O4/c1-9-5-13(10(2)23-9)16(21)22-8-12-6-15(20)19-7-11(17)3-4-14(19)18-12/h3-7H,8H2,1-2H3. The second-order valence-corrected chi connectivity index (χ2v) is 5.50. The number of pyridine rings is 1. The van der Waals surface area contributed by atoms with Crippen LogP contribution in [0.1, 0.15) is 27.6 Å². The molecule has 3 aromatic heterocycles. The molecular formula is C16H13ClN2O4. The van der Waals surface area contributed by atoms with Gasteiger partial charge in [-0.3, -0.25) is 9.20 Å². The normalized spacial score (nSPS) is 10.9. The van der Waals surface area contributed by atoms with E-state index < -0.39 is 5.97 Å². The van der Waals surface area contributed by atoms with Crippen LogP contribution in [0.3, 0.4) is 0 Å². The molecule has 0 radical (unpaired) electrons. The van der Waals surface area contributed by atoms with Gasteiger partial charge in [0.15, 0.2) is 0 Å². The molecular weight excluding hydrogens is 320 g/mol. The molecule has 7 heteroatoms. The van der Waals surface area contributed by atoms with E-state index in [9.17, 15) is 9.59 Å². The molecule has 0 fully saturated rings. The molecule has 0 bridgehead atoms. The Morgan fingerprint density at radius 1 is 1.35 bits per heavy atom. The molecule has 3 rings (SSSR count). The quantitative estimate of drug-likeness (QED) is 0.689. The lowest BCUT2D eigenvalue weighted by atomic mass is 10.2. The largest absolute Gasteiger partial charge is 0.466 e. The van der Waals surface area contributed by atoms with Crippen LogP contribution in [0.25, 0.3) is 5.65 Å². The number of aromatic nitrogens is 2. The zero-order chi connectivity index (χ0) is 16.6. The second-order valence-electron chi connectivity index (χ2n) is 5.06. The number of rotatable bonds is 3. The number of carbonyl (C=O) groups excluding carboxylic acids is 1. The van der Waals surface area contributed by atoms with E-state index in [0.29, 0.717) is 33.4 Å². The van der Waals surface area contributed by atoms with Crippen molar-refractivity contribution in [2.45, 2.75) is 20.5 Å². The summed E-state index contributed by atoms with van der Waals surface area (Å²) in [5, 5.41) is 0.436. The summed E-state index contributed by atoms with van der Waals surface area (Å²) in [6, 6.07) is 6.18. The molecule has 6 nitrogen and oxygen atoms in total. The first-order valence-corrected chi connectivity index (χ1v) is 7.24. The van der Waals surface area contributed by atoms with Crippen LogP contribution in [-0.2, 0) is 11.3 Å². The van der Waals surface area contributed by atoms with Gasteiger partial charge < -0.3 is 9.15 Å². The minimum atomic E-state index is -0.516. The Hall–Kier alpha value is -2.60. The molecule has 23 heavy (non-hydrogen) atoms. The van der Waals surface area contributed by atoms with Gasteiger partial charge in [0.25, 0.3) is 5.56 Å². The van der Waals surface area contributed by atoms with E-state index >= 15 is 0 Å². The van der Waals surface area contributed by atoms with Crippen molar-refractivity contribution in [3.05, 3.63) is 68.6 Å². The fraction of sp³-hybridized carbons (Fsp3) is 0.188. The highest BCUT2D eigenvalue weighted by atomic mass is 35.5. The first-order valence-electron chi connectivity index (χ1n) is 6.86. The average Bonchev–Trinajstić information content (AvgIpc) is 2.84. The third-order valence-corrected chi connectivity index (χ3v) is 3.51. The second kappa shape index (κ2) is 5.89. The summed E-state index contributed by atoms with van der Waals surface area (Å²) >= 11 is 5.85. The van der Waals surface area contributed by atoms with E-state index in [1.807, 2.05) is 0 Å². The molecule has 0 aromatic carbocycles. The third kappa shape index (κ3) is 3.12. The summed E-state index contributed by atoms with van der Waals surface area (Å²) in [7, 11) is 0. The minimum absolute atomic E-state index is 0.100. The van der Waals surface area contributed by atoms with Gasteiger partial charge in [-0.2, -0.15) is 0 Å². The van der Waals surface area contributed by atoms with Gasteiger partial charge in [-0.15, -0.1) is 0 Å². The van der Waals surface area contributed by atoms with Gasteiger partial charge in [0.05, 0.1) is 10.7 Å². The fourth-order valence-corrected chi connectivity index (χ4v) is 2.41. The zero-order valence-electron chi connectivity index (χ0n) is 12.5. The van der Waals surface area contributed by atoms with Crippen LogP contribution in [0, 0.1) is 13.8 Å². The maximum atomic E-state index is 12.0. The van der Waals surface area contributed by atoms with Crippen LogP contribution >= 0.6 is 11.6 Å². The van der Waals surface area contributed by atoms with Gasteiger partial charge in [-0.25, -0.2) is 9.78 Å². The number of aryl methyl sites for hydroxylation is 2. The number of hydrogen-bond donors (Lipinski definition) is 0. The van der Waals surface area contributed by atoms with Gasteiger partial charge in [-0.1, -0.05) is 11.6 Å². The van der Waals surface area contributed by atoms with E-state index in [2.05, 4.69) is 4.98 Å². The van der Waals surface area contributed by atoms with Crippen molar-refractivity contribution in [3.8, 4) is 0 Å². The van der Waals surface area contributed by atoms with E-state index in [1.54, 1.807) is 32.0 Å². The Labute approximate surface area is 136 Å². The van der Waals surface area contributed by atoms with Crippen molar-refractivity contribution in [2.75, 3.05) is 0 Å². The number of carbonyl (C=O) groups is 1. The predicted molar refractivity (Wildman–Crippen MR) is 83.8 cm³/mol. The lowest BCUT2D eigenvalue weighted by Gasteiger charge is -2.06. The minimum Gasteiger partial charge on any atom is -0.466 e. The topological polar surface area (TPSA) is 73.8 Å². The van der Waals surface area contributed by atoms with E-state index in [1.165, 1.54) is 16.7 Å². The van der Waals surface area contributed by atoms with Crippen LogP contribution < -0.4 is 5.56 Å². The highest BCUT2D eigenvalue weighted by Crippen LogP contribution is 2.15. The summed E-state index contributed by atoms with van der Waals surface area (Å²) in [4.78, 5) is 28.3. The van der Waals surface area contributed by atoms with Crippen molar-refractivity contribution in [3.63, 3.8) is 0 Å². The SMILES string of the molecule is Cc1cc(C(=O)OCc2cc(=O)n3cc(Cl)ccc3n2)c(C)o1. The fourth-order valence-electron chi connectivity index (χ4n) is 2.25. The Kier molecular flexibility index (Phi) is 3.92. The Morgan fingerprint density at radius 3 is 2.83 bits per heavy atom. The van der Waals surface area contributed by atoms with E-state index in [4.69, 9.17) is 20.8 Å². The molecule has 0 saturated carbocycles. The van der Waals surface area contributed by atoms with Crippen LogP contribution in [0.5, 0.6) is 0 Å². The molecule has 0 aliphatic heterocycles. The maximum Gasteiger partial charge on any atom is 0.342 e. The third-order valence-electron chi connectivity index (χ3n) is 3.29. The van der Waals surface area contributed by atoms with Crippen LogP contribution in [-0.4, -0.2) is 15.4 Å². The Balaban J connectivity index is 1.82. The summed E-state index contributed by atoms with van der Waals surface area (Å²) in [6.45, 7) is 3.34. The first kappa shape index (κ1) is 15.3. The van der Waals surface area contributed by atoms with Crippen molar-refractivity contribution in [2.24, 2.45) is 0 Å². The van der Waals surface area contributed by atoms with Gasteiger partial charge in [0.2, 0.25) is 0 Å². The molecule has 0 atom stereocenters. The number of esters is 1. The molecule has 118 valence electrons. The van der Waals surface area contributed by atoms with Gasteiger partial charge in [0, 0.05) is 12.3 Å². The number of fused-ring (bicyclic) bond motifs is 1. The smallest absolute Gasteiger partial charge is 0.342 e. The number of halogens is 1. The van der Waals surface area contributed by atoms with Gasteiger partial charge in [-0.05, 0) is 32.0 Å². The highest BCUT2D eigenvalue weighted by Gasteiger charge is 2.15. The number of ether oxygens (including phenoxy) is 1. The van der Waals surface area contributed by atoms with Crippen LogP contribution in [0.15, 0.2) is 39.7 Å². The molecule has 0 aliphatic carbocycles. The summed E-state index contributed by atoms with van der Waals surface area (Å²) < 4.78 is 11.8. The van der Waals surface area contributed by atoms with Crippen LogP contribution in [0.4, 0.5) is 0 Å². The predicted octanol–water partition coefficient (Wildman–Crippen LogP) is 2.91. The summed E-state index contributed by atoms with van der Waals surface area (Å²) in [5.41, 5.74) is 0.873. The van der Waals surface area contributed by atoms with E-state index in [-0.39, 0.29) is 12.2 Å². The number of furan rings is 1. The van der Waals surface area contributed by atoms with Crippen molar-refractivity contribution in [1.82, 2.24) is 9.38 Å². The number of hydrogen-bond acceptors (Lipinski definition) is 5. The lowest BCUT2D eigenvalue weighted by molar-refractivity contribution is 0.0465. The summed E-state index contributed by atoms with van der Waals surface area (Å²) in [5.74, 6) is 0.611. The van der Waals surface area contributed by atoms with Crippen LogP contribution in [0.2, 0.25) is 5.02 Å². The zero-order valence-corrected chi connectivity index (χ0v) is 13.3. The monoisotopic (exact) mass is 332 g/mol. The molecule has 3 heterocycles.